The second-order valence-electron chi connectivity index (χ2n) is 8.65. The zero-order chi connectivity index (χ0) is 14.1. The first-order valence-electron chi connectivity index (χ1n) is 10.3. The van der Waals surface area contributed by atoms with Crippen molar-refractivity contribution in [1.82, 2.24) is 0 Å². The maximum Gasteiger partial charge on any atom is 0.0896 e. The Kier molecular flexibility index (Phi) is 5.93. The Hall–Kier alpha value is 0.440. The Labute approximate surface area is 148 Å². The van der Waals surface area contributed by atoms with E-state index < -0.39 is 0 Å². The molecule has 0 N–H and O–H groups in total. The van der Waals surface area contributed by atoms with Crippen molar-refractivity contribution in [3.63, 3.8) is 0 Å². The van der Waals surface area contributed by atoms with Gasteiger partial charge in [-0.2, -0.15) is 0 Å². The monoisotopic (exact) mass is 369 g/mol. The van der Waals surface area contributed by atoms with Gasteiger partial charge in [0, 0.05) is 0 Å². The van der Waals surface area contributed by atoms with Gasteiger partial charge in [-0.25, -0.2) is 0 Å². The number of hydrogen-bond acceptors (Lipinski definition) is 0. The largest absolute Gasteiger partial charge is 1.00 e. The molecule has 2 heteroatoms. The summed E-state index contributed by atoms with van der Waals surface area (Å²) in [6.45, 7) is 0. The molecule has 128 valence electrons. The Morgan fingerprint density at radius 3 is 0.727 bits per heavy atom. The zero-order valence-electron chi connectivity index (χ0n) is 14.4. The summed E-state index contributed by atoms with van der Waals surface area (Å²) >= 11 is 0. The van der Waals surface area contributed by atoms with Crippen molar-refractivity contribution in [2.24, 2.45) is 0 Å². The van der Waals surface area contributed by atoms with Gasteiger partial charge in [-0.05, 0) is 103 Å². The predicted molar refractivity (Wildman–Crippen MR) is 89.3 cm³/mol. The van der Waals surface area contributed by atoms with Crippen LogP contribution in [0.15, 0.2) is 0 Å². The average Bonchev–Trinajstić information content (AvgIpc) is 3.32. The number of nitrogens with zero attached hydrogens (tertiary/aromatic N) is 1. The van der Waals surface area contributed by atoms with Gasteiger partial charge in [0.25, 0.3) is 0 Å². The highest BCUT2D eigenvalue weighted by Gasteiger charge is 2.55. The van der Waals surface area contributed by atoms with Crippen molar-refractivity contribution in [3.05, 3.63) is 0 Å². The third-order valence-corrected chi connectivity index (χ3v) is 7.83. The highest BCUT2D eigenvalue weighted by Crippen LogP contribution is 2.49. The van der Waals surface area contributed by atoms with Gasteiger partial charge in [0.2, 0.25) is 0 Å². The van der Waals surface area contributed by atoms with Gasteiger partial charge in [-0.15, -0.1) is 0 Å². The molecule has 22 heavy (non-hydrogen) atoms. The van der Waals surface area contributed by atoms with Gasteiger partial charge < -0.3 is 21.5 Å². The lowest BCUT2D eigenvalue weighted by Gasteiger charge is -2.56. The topological polar surface area (TPSA) is 0 Å². The third kappa shape index (κ3) is 2.81. The van der Waals surface area contributed by atoms with E-state index in [0.29, 0.717) is 0 Å². The van der Waals surface area contributed by atoms with Crippen molar-refractivity contribution < 1.29 is 21.5 Å². The molecular weight excluding hydrogens is 334 g/mol. The molecule has 4 saturated carbocycles. The lowest BCUT2D eigenvalue weighted by Crippen LogP contribution is -3.00. The summed E-state index contributed by atoms with van der Waals surface area (Å²) in [5, 5.41) is 0. The first-order chi connectivity index (χ1) is 10.4. The van der Waals surface area contributed by atoms with E-state index in [1.807, 2.05) is 0 Å². The first-order valence-corrected chi connectivity index (χ1v) is 10.3. The molecule has 0 saturated heterocycles. The molecule has 4 aliphatic rings. The maximum absolute atomic E-state index is 1.67. The molecule has 0 aromatic heterocycles. The second-order valence-corrected chi connectivity index (χ2v) is 8.65. The van der Waals surface area contributed by atoms with Crippen molar-refractivity contribution >= 4 is 0 Å². The van der Waals surface area contributed by atoms with E-state index in [1.165, 1.54) is 51.4 Å². The maximum atomic E-state index is 1.67. The summed E-state index contributed by atoms with van der Waals surface area (Å²) in [5.74, 6) is 0. The molecule has 0 aromatic rings. The van der Waals surface area contributed by atoms with Crippen LogP contribution in [0, 0.1) is 0 Å². The van der Waals surface area contributed by atoms with Crippen LogP contribution in [0.4, 0.5) is 0 Å². The minimum atomic E-state index is 0. The Bertz CT molecular complexity index is 262. The van der Waals surface area contributed by atoms with E-state index in [0.717, 1.165) is 24.2 Å². The summed E-state index contributed by atoms with van der Waals surface area (Å²) < 4.78 is 1.67. The normalized spacial score (nSPS) is 29.5. The SMILES string of the molecule is C1CCC([N+](C2CCCC2)(C2CCCC2)C2CCCC2)C1.[Br-]. The number of halogens is 1. The fourth-order valence-corrected chi connectivity index (χ4v) is 7.19. The average molecular weight is 370 g/mol. The zero-order valence-corrected chi connectivity index (χ0v) is 16.0. The van der Waals surface area contributed by atoms with E-state index in [9.17, 15) is 0 Å². The molecule has 0 aliphatic heterocycles. The first kappa shape index (κ1) is 17.3. The van der Waals surface area contributed by atoms with Crippen LogP contribution in [0.25, 0.3) is 0 Å². The molecule has 0 unspecified atom stereocenters. The van der Waals surface area contributed by atoms with Gasteiger partial charge in [0.1, 0.15) is 0 Å². The molecule has 0 radical (unpaired) electrons. The highest BCUT2D eigenvalue weighted by molar-refractivity contribution is 4.87. The summed E-state index contributed by atoms with van der Waals surface area (Å²) in [5.41, 5.74) is 0. The molecule has 4 aliphatic carbocycles. The smallest absolute Gasteiger partial charge is 0.0896 e. The second kappa shape index (κ2) is 7.55. The van der Waals surface area contributed by atoms with Gasteiger partial charge in [-0.3, -0.25) is 0 Å². The molecule has 0 atom stereocenters. The fourth-order valence-electron chi connectivity index (χ4n) is 7.19. The van der Waals surface area contributed by atoms with Crippen molar-refractivity contribution in [3.8, 4) is 0 Å². The number of rotatable bonds is 4. The number of quaternary nitrogens is 1. The standard InChI is InChI=1S/C20H36N.BrH/c1-2-10-17(9-1)21(18-11-3-4-12-18,19-13-5-6-14-19)20-15-7-8-16-20;/h17-20H,1-16H2;1H/q+1;/p-1. The van der Waals surface area contributed by atoms with Gasteiger partial charge in [0.15, 0.2) is 0 Å². The van der Waals surface area contributed by atoms with Crippen molar-refractivity contribution in [2.45, 2.75) is 127 Å². The third-order valence-electron chi connectivity index (χ3n) is 7.83. The van der Waals surface area contributed by atoms with E-state index in [-0.39, 0.29) is 17.0 Å². The summed E-state index contributed by atoms with van der Waals surface area (Å²) in [6.07, 6.45) is 24.9. The molecule has 4 rings (SSSR count). The van der Waals surface area contributed by atoms with E-state index in [4.69, 9.17) is 0 Å². The van der Waals surface area contributed by atoms with Gasteiger partial charge in [-0.1, -0.05) is 0 Å². The molecular formula is C20H36BrN. The van der Waals surface area contributed by atoms with Crippen LogP contribution >= 0.6 is 0 Å². The molecule has 0 aromatic carbocycles. The van der Waals surface area contributed by atoms with Crippen molar-refractivity contribution in [1.29, 1.82) is 0 Å². The van der Waals surface area contributed by atoms with Crippen LogP contribution in [0.2, 0.25) is 0 Å². The minimum absolute atomic E-state index is 0. The molecule has 0 spiro atoms. The Balaban J connectivity index is 0.00000144. The molecule has 4 fully saturated rings. The molecule has 0 amide bonds. The van der Waals surface area contributed by atoms with Crippen LogP contribution in [0.3, 0.4) is 0 Å². The van der Waals surface area contributed by atoms with E-state index >= 15 is 0 Å². The lowest BCUT2D eigenvalue weighted by molar-refractivity contribution is -1.01. The molecule has 0 bridgehead atoms. The van der Waals surface area contributed by atoms with Gasteiger partial charge in [0.05, 0.1) is 24.2 Å². The predicted octanol–water partition coefficient (Wildman–Crippen LogP) is 2.58. The lowest BCUT2D eigenvalue weighted by atomic mass is 9.91. The van der Waals surface area contributed by atoms with Crippen LogP contribution in [-0.2, 0) is 0 Å². The summed E-state index contributed by atoms with van der Waals surface area (Å²) in [6, 6.07) is 4.28. The number of hydrogen-bond donors (Lipinski definition) is 0. The van der Waals surface area contributed by atoms with Crippen LogP contribution in [0.1, 0.15) is 103 Å². The van der Waals surface area contributed by atoms with Crippen LogP contribution in [0.5, 0.6) is 0 Å². The van der Waals surface area contributed by atoms with Gasteiger partial charge >= 0.3 is 0 Å². The minimum Gasteiger partial charge on any atom is -1.00 e. The Morgan fingerprint density at radius 1 is 0.364 bits per heavy atom. The quantitative estimate of drug-likeness (QED) is 0.668. The molecule has 1 nitrogen and oxygen atoms in total. The van der Waals surface area contributed by atoms with Crippen molar-refractivity contribution in [2.75, 3.05) is 0 Å². The van der Waals surface area contributed by atoms with E-state index in [1.54, 1.807) is 55.8 Å². The Morgan fingerprint density at radius 2 is 0.545 bits per heavy atom. The molecule has 0 heterocycles. The van der Waals surface area contributed by atoms with E-state index in [2.05, 4.69) is 0 Å². The van der Waals surface area contributed by atoms with Crippen LogP contribution < -0.4 is 17.0 Å². The van der Waals surface area contributed by atoms with Crippen LogP contribution in [-0.4, -0.2) is 28.7 Å². The highest BCUT2D eigenvalue weighted by atomic mass is 79.9. The summed E-state index contributed by atoms with van der Waals surface area (Å²) in [4.78, 5) is 0. The summed E-state index contributed by atoms with van der Waals surface area (Å²) in [7, 11) is 0. The fraction of sp³-hybridized carbons (Fsp3) is 1.00.